The second-order valence-corrected chi connectivity index (χ2v) is 4.46. The van der Waals surface area contributed by atoms with E-state index in [1.165, 1.54) is 38.5 Å². The fourth-order valence-electron chi connectivity index (χ4n) is 1.67. The molecule has 1 saturated carbocycles. The summed E-state index contributed by atoms with van der Waals surface area (Å²) in [6, 6.07) is 0. The Balaban J connectivity index is 2.33. The SMILES string of the molecule is COC1CCCCCCC1Br. The van der Waals surface area contributed by atoms with Crippen molar-refractivity contribution in [3.8, 4) is 0 Å². The van der Waals surface area contributed by atoms with Gasteiger partial charge in [-0.05, 0) is 12.8 Å². The molecule has 0 aliphatic heterocycles. The fraction of sp³-hybridized carbons (Fsp3) is 1.00. The molecule has 0 heterocycles. The maximum Gasteiger partial charge on any atom is 0.0696 e. The Morgan fingerprint density at radius 2 is 1.73 bits per heavy atom. The molecule has 0 aromatic heterocycles. The number of ether oxygens (including phenoxy) is 1. The second kappa shape index (κ2) is 5.15. The molecule has 0 saturated heterocycles. The molecule has 0 radical (unpaired) electrons. The average Bonchev–Trinajstić information content (AvgIpc) is 1.98. The predicted molar refractivity (Wildman–Crippen MR) is 51.2 cm³/mol. The molecule has 0 bridgehead atoms. The second-order valence-electron chi connectivity index (χ2n) is 3.28. The summed E-state index contributed by atoms with van der Waals surface area (Å²) in [5, 5.41) is 0. The summed E-state index contributed by atoms with van der Waals surface area (Å²) < 4.78 is 5.39. The van der Waals surface area contributed by atoms with Gasteiger partial charge in [0.25, 0.3) is 0 Å². The number of halogens is 1. The van der Waals surface area contributed by atoms with Gasteiger partial charge in [-0.1, -0.05) is 41.6 Å². The summed E-state index contributed by atoms with van der Waals surface area (Å²) in [7, 11) is 1.82. The highest BCUT2D eigenvalue weighted by molar-refractivity contribution is 9.09. The van der Waals surface area contributed by atoms with Gasteiger partial charge in [-0.15, -0.1) is 0 Å². The number of methoxy groups -OCH3 is 1. The van der Waals surface area contributed by atoms with E-state index in [1.54, 1.807) is 0 Å². The minimum Gasteiger partial charge on any atom is -0.380 e. The van der Waals surface area contributed by atoms with E-state index in [4.69, 9.17) is 4.74 Å². The lowest BCUT2D eigenvalue weighted by Crippen LogP contribution is -2.24. The van der Waals surface area contributed by atoms with E-state index in [9.17, 15) is 0 Å². The highest BCUT2D eigenvalue weighted by Gasteiger charge is 2.19. The van der Waals surface area contributed by atoms with Crippen LogP contribution < -0.4 is 0 Å². The first-order chi connectivity index (χ1) is 5.34. The van der Waals surface area contributed by atoms with Gasteiger partial charge in [0, 0.05) is 11.9 Å². The van der Waals surface area contributed by atoms with Crippen molar-refractivity contribution in [2.75, 3.05) is 7.11 Å². The average molecular weight is 221 g/mol. The van der Waals surface area contributed by atoms with Gasteiger partial charge in [0.1, 0.15) is 0 Å². The fourth-order valence-corrected chi connectivity index (χ4v) is 2.47. The molecule has 0 spiro atoms. The van der Waals surface area contributed by atoms with Crippen LogP contribution in [0.5, 0.6) is 0 Å². The van der Waals surface area contributed by atoms with Crippen molar-refractivity contribution in [3.05, 3.63) is 0 Å². The molecule has 0 aromatic carbocycles. The van der Waals surface area contributed by atoms with Crippen molar-refractivity contribution < 1.29 is 4.74 Å². The van der Waals surface area contributed by atoms with Gasteiger partial charge in [0.05, 0.1) is 6.10 Å². The lowest BCUT2D eigenvalue weighted by atomic mass is 9.98. The van der Waals surface area contributed by atoms with Crippen molar-refractivity contribution >= 4 is 15.9 Å². The number of hydrogen-bond acceptors (Lipinski definition) is 1. The van der Waals surface area contributed by atoms with Crippen LogP contribution in [-0.4, -0.2) is 18.0 Å². The zero-order chi connectivity index (χ0) is 8.10. The third-order valence-corrected chi connectivity index (χ3v) is 3.47. The van der Waals surface area contributed by atoms with Crippen molar-refractivity contribution in [3.63, 3.8) is 0 Å². The standard InChI is InChI=1S/C9H17BrO/c1-11-9-7-5-3-2-4-6-8(9)10/h8-9H,2-7H2,1H3. The molecule has 0 N–H and O–H groups in total. The van der Waals surface area contributed by atoms with Crippen LogP contribution >= 0.6 is 15.9 Å². The van der Waals surface area contributed by atoms with Gasteiger partial charge in [-0.2, -0.15) is 0 Å². The van der Waals surface area contributed by atoms with Crippen molar-refractivity contribution in [1.82, 2.24) is 0 Å². The van der Waals surface area contributed by atoms with Gasteiger partial charge in [0.15, 0.2) is 0 Å². The van der Waals surface area contributed by atoms with Gasteiger partial charge in [-0.3, -0.25) is 0 Å². The maximum absolute atomic E-state index is 5.39. The summed E-state index contributed by atoms with van der Waals surface area (Å²) in [5.41, 5.74) is 0. The molecular weight excluding hydrogens is 204 g/mol. The minimum absolute atomic E-state index is 0.454. The van der Waals surface area contributed by atoms with E-state index < -0.39 is 0 Å². The van der Waals surface area contributed by atoms with Crippen LogP contribution in [0.4, 0.5) is 0 Å². The zero-order valence-corrected chi connectivity index (χ0v) is 8.77. The molecule has 0 amide bonds. The summed E-state index contributed by atoms with van der Waals surface area (Å²) >= 11 is 3.67. The Morgan fingerprint density at radius 3 is 2.36 bits per heavy atom. The van der Waals surface area contributed by atoms with Crippen molar-refractivity contribution in [1.29, 1.82) is 0 Å². The van der Waals surface area contributed by atoms with E-state index in [0.717, 1.165) is 0 Å². The van der Waals surface area contributed by atoms with Crippen LogP contribution in [-0.2, 0) is 4.74 Å². The van der Waals surface area contributed by atoms with E-state index in [1.807, 2.05) is 7.11 Å². The van der Waals surface area contributed by atoms with Crippen LogP contribution in [0.1, 0.15) is 38.5 Å². The summed E-state index contributed by atoms with van der Waals surface area (Å²) in [6.07, 6.45) is 8.44. The van der Waals surface area contributed by atoms with Crippen molar-refractivity contribution in [2.24, 2.45) is 0 Å². The molecule has 66 valence electrons. The van der Waals surface area contributed by atoms with Crippen LogP contribution in [0.2, 0.25) is 0 Å². The molecule has 1 fully saturated rings. The zero-order valence-electron chi connectivity index (χ0n) is 7.18. The number of alkyl halides is 1. The molecule has 1 aliphatic carbocycles. The molecule has 0 aromatic rings. The van der Waals surface area contributed by atoms with Crippen LogP contribution in [0.25, 0.3) is 0 Å². The Labute approximate surface area is 77.6 Å². The largest absolute Gasteiger partial charge is 0.380 e. The smallest absolute Gasteiger partial charge is 0.0696 e. The molecule has 11 heavy (non-hydrogen) atoms. The molecular formula is C9H17BrO. The van der Waals surface area contributed by atoms with Gasteiger partial charge >= 0.3 is 0 Å². The lowest BCUT2D eigenvalue weighted by Gasteiger charge is -2.23. The van der Waals surface area contributed by atoms with E-state index in [0.29, 0.717) is 10.9 Å². The summed E-state index contributed by atoms with van der Waals surface area (Å²) in [4.78, 5) is 0.591. The summed E-state index contributed by atoms with van der Waals surface area (Å²) in [5.74, 6) is 0. The van der Waals surface area contributed by atoms with Gasteiger partial charge < -0.3 is 4.74 Å². The Kier molecular flexibility index (Phi) is 4.46. The molecule has 2 atom stereocenters. The Bertz CT molecular complexity index is 106. The van der Waals surface area contributed by atoms with Crippen LogP contribution in [0.15, 0.2) is 0 Å². The molecule has 1 nitrogen and oxygen atoms in total. The predicted octanol–water partition coefficient (Wildman–Crippen LogP) is 3.12. The molecule has 2 unspecified atom stereocenters. The third-order valence-electron chi connectivity index (χ3n) is 2.42. The normalized spacial score (nSPS) is 34.4. The first-order valence-corrected chi connectivity index (χ1v) is 5.43. The Hall–Kier alpha value is 0.440. The summed E-state index contributed by atoms with van der Waals surface area (Å²) in [6.45, 7) is 0. The van der Waals surface area contributed by atoms with E-state index in [-0.39, 0.29) is 0 Å². The number of rotatable bonds is 1. The first-order valence-electron chi connectivity index (χ1n) is 4.51. The molecule has 1 aliphatic rings. The van der Waals surface area contributed by atoms with Crippen molar-refractivity contribution in [2.45, 2.75) is 49.5 Å². The number of hydrogen-bond donors (Lipinski definition) is 0. The Morgan fingerprint density at radius 1 is 1.09 bits per heavy atom. The molecule has 2 heteroatoms. The van der Waals surface area contributed by atoms with Gasteiger partial charge in [-0.25, -0.2) is 0 Å². The third kappa shape index (κ3) is 3.12. The first kappa shape index (κ1) is 9.53. The van der Waals surface area contributed by atoms with Crippen LogP contribution in [0, 0.1) is 0 Å². The highest BCUT2D eigenvalue weighted by atomic mass is 79.9. The topological polar surface area (TPSA) is 9.23 Å². The highest BCUT2D eigenvalue weighted by Crippen LogP contribution is 2.24. The van der Waals surface area contributed by atoms with Crippen LogP contribution in [0.3, 0.4) is 0 Å². The van der Waals surface area contributed by atoms with E-state index >= 15 is 0 Å². The quantitative estimate of drug-likeness (QED) is 0.618. The van der Waals surface area contributed by atoms with E-state index in [2.05, 4.69) is 15.9 Å². The minimum atomic E-state index is 0.454. The maximum atomic E-state index is 5.39. The lowest BCUT2D eigenvalue weighted by molar-refractivity contribution is 0.0863. The molecule has 1 rings (SSSR count). The monoisotopic (exact) mass is 220 g/mol. The van der Waals surface area contributed by atoms with Gasteiger partial charge in [0.2, 0.25) is 0 Å².